The molecule has 0 aliphatic rings. The summed E-state index contributed by atoms with van der Waals surface area (Å²) in [6.45, 7) is 4.23. The molecule has 0 amide bonds. The second-order valence-electron chi connectivity index (χ2n) is 2.91. The van der Waals surface area contributed by atoms with Crippen molar-refractivity contribution in [2.75, 3.05) is 6.61 Å². The molecule has 0 N–H and O–H groups in total. The van der Waals surface area contributed by atoms with Gasteiger partial charge in [0.1, 0.15) is 0 Å². The number of hydrogen-bond donors (Lipinski definition) is 0. The van der Waals surface area contributed by atoms with E-state index in [1.807, 2.05) is 13.8 Å². The number of ether oxygens (including phenoxy) is 1. The molecular weight excluding hydrogens is 182 g/mol. The Labute approximate surface area is 82.7 Å². The average Bonchev–Trinajstić information content (AvgIpc) is 2.18. The van der Waals surface area contributed by atoms with Gasteiger partial charge in [-0.1, -0.05) is 12.1 Å². The van der Waals surface area contributed by atoms with Gasteiger partial charge in [-0.05, 0) is 19.9 Å². The number of para-hydroxylation sites is 1. The third-order valence-electron chi connectivity index (χ3n) is 1.99. The summed E-state index contributed by atoms with van der Waals surface area (Å²) in [6, 6.07) is 6.64. The number of benzene rings is 1. The zero-order valence-corrected chi connectivity index (χ0v) is 8.27. The van der Waals surface area contributed by atoms with Crippen molar-refractivity contribution in [2.45, 2.75) is 20.0 Å². The van der Waals surface area contributed by atoms with E-state index in [-0.39, 0.29) is 16.7 Å². The predicted molar refractivity (Wildman–Crippen MR) is 53.1 cm³/mol. The first-order valence-electron chi connectivity index (χ1n) is 4.51. The van der Waals surface area contributed by atoms with Gasteiger partial charge in [0.05, 0.1) is 16.6 Å². The lowest BCUT2D eigenvalue weighted by atomic mass is 10.1. The maximum Gasteiger partial charge on any atom is 0.275 e. The molecule has 0 heterocycles. The van der Waals surface area contributed by atoms with Crippen LogP contribution in [0.4, 0.5) is 5.69 Å². The van der Waals surface area contributed by atoms with Gasteiger partial charge >= 0.3 is 0 Å². The highest BCUT2D eigenvalue weighted by Crippen LogP contribution is 2.26. The molecule has 14 heavy (non-hydrogen) atoms. The molecule has 0 fully saturated rings. The quantitative estimate of drug-likeness (QED) is 0.548. The molecule has 1 rings (SSSR count). The number of rotatable bonds is 4. The highest BCUT2D eigenvalue weighted by molar-refractivity contribution is 5.41. The maximum absolute atomic E-state index is 10.7. The molecular formula is C10H13NO3. The summed E-state index contributed by atoms with van der Waals surface area (Å²) in [5.41, 5.74) is 0.743. The zero-order chi connectivity index (χ0) is 10.6. The smallest absolute Gasteiger partial charge is 0.275 e. The fourth-order valence-corrected chi connectivity index (χ4v) is 1.34. The largest absolute Gasteiger partial charge is 0.374 e. The van der Waals surface area contributed by atoms with Crippen LogP contribution in [0.3, 0.4) is 0 Å². The van der Waals surface area contributed by atoms with Crippen LogP contribution in [0.5, 0.6) is 0 Å². The third-order valence-corrected chi connectivity index (χ3v) is 1.99. The summed E-state index contributed by atoms with van der Waals surface area (Å²) in [4.78, 5) is 10.3. The van der Waals surface area contributed by atoms with Crippen LogP contribution in [0.2, 0.25) is 0 Å². The Morgan fingerprint density at radius 2 is 2.14 bits per heavy atom. The van der Waals surface area contributed by atoms with Gasteiger partial charge < -0.3 is 4.74 Å². The number of nitrogens with zero attached hydrogens (tertiary/aromatic N) is 1. The molecule has 76 valence electrons. The number of hydrogen-bond acceptors (Lipinski definition) is 3. The van der Waals surface area contributed by atoms with Gasteiger partial charge in [0.15, 0.2) is 0 Å². The van der Waals surface area contributed by atoms with E-state index in [4.69, 9.17) is 4.74 Å². The molecule has 0 spiro atoms. The van der Waals surface area contributed by atoms with E-state index in [9.17, 15) is 10.1 Å². The monoisotopic (exact) mass is 195 g/mol. The Hall–Kier alpha value is -1.42. The van der Waals surface area contributed by atoms with Gasteiger partial charge in [-0.3, -0.25) is 10.1 Å². The summed E-state index contributed by atoms with van der Waals surface area (Å²) in [5, 5.41) is 10.7. The van der Waals surface area contributed by atoms with Crippen molar-refractivity contribution in [2.24, 2.45) is 0 Å². The lowest BCUT2D eigenvalue weighted by molar-refractivity contribution is -0.386. The van der Waals surface area contributed by atoms with E-state index >= 15 is 0 Å². The summed E-state index contributed by atoms with van der Waals surface area (Å²) in [6.07, 6.45) is -0.235. The van der Waals surface area contributed by atoms with Crippen LogP contribution in [0.1, 0.15) is 25.5 Å². The molecule has 1 aromatic rings. The summed E-state index contributed by atoms with van der Waals surface area (Å²) in [7, 11) is 0. The van der Waals surface area contributed by atoms with E-state index in [0.29, 0.717) is 12.2 Å². The first-order chi connectivity index (χ1) is 6.66. The maximum atomic E-state index is 10.7. The van der Waals surface area contributed by atoms with Crippen molar-refractivity contribution in [3.8, 4) is 0 Å². The molecule has 0 aromatic heterocycles. The van der Waals surface area contributed by atoms with Crippen LogP contribution in [-0.2, 0) is 4.74 Å². The second kappa shape index (κ2) is 4.72. The Morgan fingerprint density at radius 3 is 2.71 bits per heavy atom. The summed E-state index contributed by atoms with van der Waals surface area (Å²) < 4.78 is 5.31. The fourth-order valence-electron chi connectivity index (χ4n) is 1.34. The van der Waals surface area contributed by atoms with Crippen LogP contribution in [-0.4, -0.2) is 11.5 Å². The molecule has 1 aromatic carbocycles. The van der Waals surface area contributed by atoms with Crippen molar-refractivity contribution in [3.05, 3.63) is 39.9 Å². The van der Waals surface area contributed by atoms with Gasteiger partial charge in [-0.2, -0.15) is 0 Å². The molecule has 0 saturated carbocycles. The van der Waals surface area contributed by atoms with Crippen molar-refractivity contribution < 1.29 is 9.66 Å². The molecule has 0 saturated heterocycles. The fraction of sp³-hybridized carbons (Fsp3) is 0.400. The number of nitro groups is 1. The van der Waals surface area contributed by atoms with Gasteiger partial charge in [-0.15, -0.1) is 0 Å². The van der Waals surface area contributed by atoms with E-state index in [1.54, 1.807) is 18.2 Å². The van der Waals surface area contributed by atoms with E-state index in [0.717, 1.165) is 0 Å². The number of nitro benzene ring substituents is 1. The minimum Gasteiger partial charge on any atom is -0.374 e. The highest BCUT2D eigenvalue weighted by atomic mass is 16.6. The van der Waals surface area contributed by atoms with E-state index in [1.165, 1.54) is 6.07 Å². The molecule has 4 nitrogen and oxygen atoms in total. The predicted octanol–water partition coefficient (Wildman–Crippen LogP) is 2.69. The molecule has 1 atom stereocenters. The summed E-state index contributed by atoms with van der Waals surface area (Å²) >= 11 is 0. The van der Waals surface area contributed by atoms with Crippen LogP contribution in [0, 0.1) is 10.1 Å². The Morgan fingerprint density at radius 1 is 1.50 bits per heavy atom. The van der Waals surface area contributed by atoms with Crippen LogP contribution in [0.15, 0.2) is 24.3 Å². The first-order valence-corrected chi connectivity index (χ1v) is 4.51. The van der Waals surface area contributed by atoms with Crippen molar-refractivity contribution in [1.82, 2.24) is 0 Å². The minimum absolute atomic E-state index is 0.119. The van der Waals surface area contributed by atoms with E-state index in [2.05, 4.69) is 0 Å². The van der Waals surface area contributed by atoms with Crippen molar-refractivity contribution in [1.29, 1.82) is 0 Å². The van der Waals surface area contributed by atoms with Crippen LogP contribution >= 0.6 is 0 Å². The molecule has 0 radical (unpaired) electrons. The normalized spacial score (nSPS) is 12.4. The molecule has 0 aliphatic heterocycles. The highest BCUT2D eigenvalue weighted by Gasteiger charge is 2.17. The minimum atomic E-state index is -0.384. The Kier molecular flexibility index (Phi) is 3.59. The average molecular weight is 195 g/mol. The topological polar surface area (TPSA) is 52.4 Å². The molecule has 1 unspecified atom stereocenters. The zero-order valence-electron chi connectivity index (χ0n) is 8.27. The SMILES string of the molecule is CCOC(C)c1ccccc1[N+](=O)[O-]. The second-order valence-corrected chi connectivity index (χ2v) is 2.91. The molecule has 4 heteroatoms. The van der Waals surface area contributed by atoms with Gasteiger partial charge in [0, 0.05) is 12.7 Å². The Balaban J connectivity index is 3.00. The van der Waals surface area contributed by atoms with Gasteiger partial charge in [0.25, 0.3) is 5.69 Å². The lowest BCUT2D eigenvalue weighted by Gasteiger charge is -2.11. The van der Waals surface area contributed by atoms with Crippen LogP contribution in [0.25, 0.3) is 0 Å². The van der Waals surface area contributed by atoms with Crippen molar-refractivity contribution in [3.63, 3.8) is 0 Å². The van der Waals surface area contributed by atoms with Gasteiger partial charge in [-0.25, -0.2) is 0 Å². The molecule has 0 bridgehead atoms. The Bertz CT molecular complexity index is 325. The van der Waals surface area contributed by atoms with Crippen LogP contribution < -0.4 is 0 Å². The first kappa shape index (κ1) is 10.7. The lowest BCUT2D eigenvalue weighted by Crippen LogP contribution is -2.03. The van der Waals surface area contributed by atoms with E-state index < -0.39 is 0 Å². The standard InChI is InChI=1S/C10H13NO3/c1-3-14-8(2)9-6-4-5-7-10(9)11(12)13/h4-8H,3H2,1-2H3. The van der Waals surface area contributed by atoms with Crippen molar-refractivity contribution >= 4 is 5.69 Å². The van der Waals surface area contributed by atoms with Gasteiger partial charge in [0.2, 0.25) is 0 Å². The molecule has 0 aliphatic carbocycles. The third kappa shape index (κ3) is 2.29. The summed E-state index contributed by atoms with van der Waals surface area (Å²) in [5.74, 6) is 0.